The van der Waals surface area contributed by atoms with Crippen LogP contribution in [0.15, 0.2) is 35.5 Å². The second-order valence-electron chi connectivity index (χ2n) is 6.76. The van der Waals surface area contributed by atoms with E-state index >= 15 is 0 Å². The summed E-state index contributed by atoms with van der Waals surface area (Å²) in [5.74, 6) is 0.570. The van der Waals surface area contributed by atoms with Gasteiger partial charge in [0.15, 0.2) is 5.96 Å². The number of aliphatic imine (C=N–C) groups is 1. The molecule has 0 bridgehead atoms. The van der Waals surface area contributed by atoms with Crippen molar-refractivity contribution in [3.63, 3.8) is 0 Å². The fraction of sp³-hybridized carbons (Fsp3) is 0.444. The average molecular weight is 329 g/mol. The Balaban J connectivity index is 1.79. The zero-order chi connectivity index (χ0) is 17.6. The summed E-state index contributed by atoms with van der Waals surface area (Å²) >= 11 is 0. The molecule has 0 aliphatic carbocycles. The van der Waals surface area contributed by atoms with Gasteiger partial charge in [0.1, 0.15) is 0 Å². The van der Waals surface area contributed by atoms with Crippen molar-refractivity contribution in [2.45, 2.75) is 32.7 Å². The van der Waals surface area contributed by atoms with Crippen molar-refractivity contribution in [3.8, 4) is 0 Å². The molecule has 2 aromatic rings. The van der Waals surface area contributed by atoms with Gasteiger partial charge in [-0.05, 0) is 38.8 Å². The Morgan fingerprint density at radius 3 is 2.67 bits per heavy atom. The number of carbonyl (C=O) groups is 1. The Kier molecular flexibility index (Phi) is 5.84. The number of H-pyrrole nitrogens is 1. The molecule has 0 saturated heterocycles. The zero-order valence-electron chi connectivity index (χ0n) is 14.9. The molecule has 0 aliphatic heterocycles. The van der Waals surface area contributed by atoms with Gasteiger partial charge < -0.3 is 20.9 Å². The molecule has 0 fully saturated rings. The van der Waals surface area contributed by atoms with Crippen LogP contribution >= 0.6 is 0 Å². The topological polar surface area (TPSA) is 81.3 Å². The normalized spacial score (nSPS) is 12.2. The average Bonchev–Trinajstić information content (AvgIpc) is 2.92. The lowest BCUT2D eigenvalue weighted by atomic mass is 10.1. The van der Waals surface area contributed by atoms with Gasteiger partial charge in [0.25, 0.3) is 0 Å². The number of nitrogens with zero attached hydrogens (tertiary/aromatic N) is 1. The maximum atomic E-state index is 11.8. The number of aromatic amines is 1. The number of fused-ring (bicyclic) bond motifs is 1. The molecule has 1 amide bonds. The quantitative estimate of drug-likeness (QED) is 0.499. The molecule has 1 heterocycles. The highest BCUT2D eigenvalue weighted by atomic mass is 16.2. The first-order valence-electron chi connectivity index (χ1n) is 8.19. The third-order valence-corrected chi connectivity index (χ3v) is 3.52. The standard InChI is InChI=1S/C18H27N5O/c1-18(2,3)23-16(24)12-22-17(19-4)20-10-9-13-11-21-15-8-6-5-7-14(13)15/h5-8,11,21H,9-10,12H2,1-4H3,(H,23,24)(H2,19,20,22). The van der Waals surface area contributed by atoms with Gasteiger partial charge in [-0.15, -0.1) is 0 Å². The SMILES string of the molecule is CN=C(NCCc1c[nH]c2ccccc12)NCC(=O)NC(C)(C)C. The number of guanidine groups is 1. The monoisotopic (exact) mass is 329 g/mol. The predicted octanol–water partition coefficient (Wildman–Crippen LogP) is 1.79. The smallest absolute Gasteiger partial charge is 0.239 e. The van der Waals surface area contributed by atoms with Crippen molar-refractivity contribution in [2.75, 3.05) is 20.1 Å². The van der Waals surface area contributed by atoms with Crippen LogP contribution in [0.3, 0.4) is 0 Å². The predicted molar refractivity (Wildman–Crippen MR) is 99.3 cm³/mol. The summed E-state index contributed by atoms with van der Waals surface area (Å²) in [5.41, 5.74) is 2.18. The van der Waals surface area contributed by atoms with Gasteiger partial charge in [0, 0.05) is 36.2 Å². The molecule has 0 unspecified atom stereocenters. The van der Waals surface area contributed by atoms with E-state index in [1.807, 2.05) is 39.1 Å². The number of amides is 1. The van der Waals surface area contributed by atoms with E-state index in [2.05, 4.69) is 38.1 Å². The third-order valence-electron chi connectivity index (χ3n) is 3.52. The number of hydrogen-bond acceptors (Lipinski definition) is 2. The van der Waals surface area contributed by atoms with Crippen molar-refractivity contribution in [1.82, 2.24) is 20.9 Å². The molecule has 1 aromatic heterocycles. The van der Waals surface area contributed by atoms with Crippen LogP contribution < -0.4 is 16.0 Å². The molecular formula is C18H27N5O. The van der Waals surface area contributed by atoms with Gasteiger partial charge in [-0.1, -0.05) is 18.2 Å². The van der Waals surface area contributed by atoms with Crippen LogP contribution in [-0.4, -0.2) is 42.5 Å². The highest BCUT2D eigenvalue weighted by Crippen LogP contribution is 2.17. The van der Waals surface area contributed by atoms with Crippen LogP contribution in [0.5, 0.6) is 0 Å². The summed E-state index contributed by atoms with van der Waals surface area (Å²) < 4.78 is 0. The van der Waals surface area contributed by atoms with E-state index in [1.54, 1.807) is 7.05 Å². The lowest BCUT2D eigenvalue weighted by Crippen LogP contribution is -2.48. The molecule has 1 aromatic carbocycles. The second-order valence-corrected chi connectivity index (χ2v) is 6.76. The van der Waals surface area contributed by atoms with Gasteiger partial charge >= 0.3 is 0 Å². The van der Waals surface area contributed by atoms with Crippen LogP contribution in [0.2, 0.25) is 0 Å². The number of nitrogens with one attached hydrogen (secondary N) is 4. The summed E-state index contributed by atoms with van der Waals surface area (Å²) in [6.07, 6.45) is 2.91. The van der Waals surface area contributed by atoms with Gasteiger partial charge in [0.05, 0.1) is 6.54 Å². The molecular weight excluding hydrogens is 302 g/mol. The summed E-state index contributed by atoms with van der Waals surface area (Å²) in [4.78, 5) is 19.2. The Morgan fingerprint density at radius 1 is 1.21 bits per heavy atom. The second kappa shape index (κ2) is 7.86. The molecule has 0 atom stereocenters. The van der Waals surface area contributed by atoms with Crippen LogP contribution in [0.1, 0.15) is 26.3 Å². The molecule has 4 N–H and O–H groups in total. The summed E-state index contributed by atoms with van der Waals surface area (Å²) in [5, 5.41) is 10.4. The molecule has 0 radical (unpaired) electrons. The minimum Gasteiger partial charge on any atom is -0.361 e. The van der Waals surface area contributed by atoms with E-state index in [9.17, 15) is 4.79 Å². The number of rotatable bonds is 5. The van der Waals surface area contributed by atoms with Crippen LogP contribution in [0.4, 0.5) is 0 Å². The molecule has 130 valence electrons. The van der Waals surface area contributed by atoms with Crippen molar-refractivity contribution >= 4 is 22.8 Å². The van der Waals surface area contributed by atoms with Crippen LogP contribution in [0.25, 0.3) is 10.9 Å². The van der Waals surface area contributed by atoms with Gasteiger partial charge in [-0.25, -0.2) is 0 Å². The summed E-state index contributed by atoms with van der Waals surface area (Å²) in [6.45, 7) is 6.81. The van der Waals surface area contributed by atoms with Crippen LogP contribution in [-0.2, 0) is 11.2 Å². The van der Waals surface area contributed by atoms with Crippen molar-refractivity contribution in [1.29, 1.82) is 0 Å². The summed E-state index contributed by atoms with van der Waals surface area (Å²) in [7, 11) is 1.70. The fourth-order valence-electron chi connectivity index (χ4n) is 2.50. The lowest BCUT2D eigenvalue weighted by Gasteiger charge is -2.21. The number of benzene rings is 1. The molecule has 6 nitrogen and oxygen atoms in total. The Bertz CT molecular complexity index is 712. The Hall–Kier alpha value is -2.50. The Morgan fingerprint density at radius 2 is 1.96 bits per heavy atom. The molecule has 24 heavy (non-hydrogen) atoms. The van der Waals surface area contributed by atoms with Crippen molar-refractivity contribution in [2.24, 2.45) is 4.99 Å². The first-order chi connectivity index (χ1) is 11.4. The maximum Gasteiger partial charge on any atom is 0.239 e. The van der Waals surface area contributed by atoms with Gasteiger partial charge in [-0.2, -0.15) is 0 Å². The Labute approximate surface area is 143 Å². The van der Waals surface area contributed by atoms with Gasteiger partial charge in [-0.3, -0.25) is 9.79 Å². The molecule has 0 saturated carbocycles. The molecule has 6 heteroatoms. The molecule has 0 aliphatic rings. The van der Waals surface area contributed by atoms with Crippen molar-refractivity contribution < 1.29 is 4.79 Å². The van der Waals surface area contributed by atoms with E-state index in [1.165, 1.54) is 10.9 Å². The number of para-hydroxylation sites is 1. The van der Waals surface area contributed by atoms with E-state index in [0.29, 0.717) is 5.96 Å². The largest absolute Gasteiger partial charge is 0.361 e. The third kappa shape index (κ3) is 5.30. The van der Waals surface area contributed by atoms with E-state index in [-0.39, 0.29) is 18.0 Å². The molecule has 0 spiro atoms. The number of hydrogen-bond donors (Lipinski definition) is 4. The first-order valence-corrected chi connectivity index (χ1v) is 8.19. The zero-order valence-corrected chi connectivity index (χ0v) is 14.9. The minimum absolute atomic E-state index is 0.0536. The van der Waals surface area contributed by atoms with Gasteiger partial charge in [0.2, 0.25) is 5.91 Å². The van der Waals surface area contributed by atoms with Crippen LogP contribution in [0, 0.1) is 0 Å². The minimum atomic E-state index is -0.231. The number of aromatic nitrogens is 1. The summed E-state index contributed by atoms with van der Waals surface area (Å²) in [6, 6.07) is 8.25. The first kappa shape index (κ1) is 17.8. The fourth-order valence-corrected chi connectivity index (χ4v) is 2.50. The highest BCUT2D eigenvalue weighted by Gasteiger charge is 2.13. The number of carbonyl (C=O) groups excluding carboxylic acids is 1. The lowest BCUT2D eigenvalue weighted by molar-refractivity contribution is -0.121. The van der Waals surface area contributed by atoms with E-state index in [4.69, 9.17) is 0 Å². The highest BCUT2D eigenvalue weighted by molar-refractivity contribution is 5.87. The van der Waals surface area contributed by atoms with Crippen molar-refractivity contribution in [3.05, 3.63) is 36.0 Å². The maximum absolute atomic E-state index is 11.8. The van der Waals surface area contributed by atoms with E-state index < -0.39 is 0 Å². The molecule has 2 rings (SSSR count). The van der Waals surface area contributed by atoms with E-state index in [0.717, 1.165) is 18.5 Å².